The third kappa shape index (κ3) is 4.03. The summed E-state index contributed by atoms with van der Waals surface area (Å²) in [7, 11) is 0. The molecule has 0 radical (unpaired) electrons. The highest BCUT2D eigenvalue weighted by Gasteiger charge is 2.28. The van der Waals surface area contributed by atoms with E-state index in [9.17, 15) is 9.59 Å². The average molecular weight is 338 g/mol. The number of carbonyl (C=O) groups is 2. The molecule has 2 saturated heterocycles. The molecule has 0 spiro atoms. The minimum Gasteiger partial charge on any atom is -0.352 e. The van der Waals surface area contributed by atoms with Gasteiger partial charge in [-0.25, -0.2) is 0 Å². The quantitative estimate of drug-likeness (QED) is 0.859. The molecule has 2 aliphatic heterocycles. The summed E-state index contributed by atoms with van der Waals surface area (Å²) in [6.07, 6.45) is 1.56. The summed E-state index contributed by atoms with van der Waals surface area (Å²) in [6, 6.07) is 7.89. The highest BCUT2D eigenvalue weighted by atomic mass is 35.5. The molecule has 2 aliphatic rings. The van der Waals surface area contributed by atoms with Crippen LogP contribution in [0.5, 0.6) is 0 Å². The molecule has 0 aliphatic carbocycles. The first kappa shape index (κ1) is 17.8. The molecule has 1 aromatic rings. The average Bonchev–Trinajstić information content (AvgIpc) is 2.89. The molecule has 126 valence electrons. The van der Waals surface area contributed by atoms with Crippen molar-refractivity contribution in [3.8, 4) is 0 Å². The fourth-order valence-corrected chi connectivity index (χ4v) is 2.98. The van der Waals surface area contributed by atoms with Crippen molar-refractivity contribution in [2.24, 2.45) is 11.8 Å². The highest BCUT2D eigenvalue weighted by molar-refractivity contribution is 5.95. The van der Waals surface area contributed by atoms with Crippen molar-refractivity contribution in [1.82, 2.24) is 10.6 Å². The van der Waals surface area contributed by atoms with E-state index >= 15 is 0 Å². The third-order valence-electron chi connectivity index (χ3n) is 4.70. The molecule has 1 unspecified atom stereocenters. The van der Waals surface area contributed by atoms with Gasteiger partial charge >= 0.3 is 0 Å². The van der Waals surface area contributed by atoms with E-state index in [1.54, 1.807) is 0 Å². The largest absolute Gasteiger partial charge is 0.352 e. The van der Waals surface area contributed by atoms with Gasteiger partial charge in [-0.3, -0.25) is 9.59 Å². The molecule has 1 atom stereocenters. The number of amides is 2. The van der Waals surface area contributed by atoms with Crippen LogP contribution in [-0.4, -0.2) is 31.4 Å². The van der Waals surface area contributed by atoms with Crippen LogP contribution in [0.15, 0.2) is 24.3 Å². The number of benzene rings is 1. The highest BCUT2D eigenvalue weighted by Crippen LogP contribution is 2.22. The molecule has 0 aromatic heterocycles. The molecular formula is C17H24ClN3O2. The molecule has 0 bridgehead atoms. The fourth-order valence-electron chi connectivity index (χ4n) is 2.98. The summed E-state index contributed by atoms with van der Waals surface area (Å²) in [6.45, 7) is 5.15. The van der Waals surface area contributed by atoms with Gasteiger partial charge in [-0.15, -0.1) is 12.4 Å². The maximum atomic E-state index is 12.1. The Morgan fingerprint density at radius 2 is 2.22 bits per heavy atom. The van der Waals surface area contributed by atoms with Crippen LogP contribution in [0, 0.1) is 11.8 Å². The second-order valence-corrected chi connectivity index (χ2v) is 6.24. The van der Waals surface area contributed by atoms with Crippen LogP contribution in [0.25, 0.3) is 0 Å². The van der Waals surface area contributed by atoms with E-state index in [0.29, 0.717) is 18.9 Å². The van der Waals surface area contributed by atoms with Gasteiger partial charge in [0.15, 0.2) is 0 Å². The number of hydrogen-bond donors (Lipinski definition) is 2. The molecule has 2 heterocycles. The zero-order chi connectivity index (χ0) is 15.5. The van der Waals surface area contributed by atoms with Gasteiger partial charge in [0.05, 0.1) is 0 Å². The lowest BCUT2D eigenvalue weighted by Crippen LogP contribution is -2.49. The van der Waals surface area contributed by atoms with Crippen molar-refractivity contribution < 1.29 is 9.59 Å². The van der Waals surface area contributed by atoms with E-state index in [2.05, 4.69) is 10.6 Å². The Balaban J connectivity index is 0.00000192. The summed E-state index contributed by atoms with van der Waals surface area (Å²) in [5, 5.41) is 6.20. The van der Waals surface area contributed by atoms with Gasteiger partial charge in [0.2, 0.25) is 11.8 Å². The van der Waals surface area contributed by atoms with Gasteiger partial charge < -0.3 is 15.5 Å². The normalized spacial score (nSPS) is 19.0. The molecule has 2 N–H and O–H groups in total. The van der Waals surface area contributed by atoms with Gasteiger partial charge in [0, 0.05) is 31.1 Å². The molecule has 0 saturated carbocycles. The summed E-state index contributed by atoms with van der Waals surface area (Å²) >= 11 is 0. The van der Waals surface area contributed by atoms with Crippen molar-refractivity contribution in [2.75, 3.05) is 24.5 Å². The maximum absolute atomic E-state index is 12.1. The molecule has 6 heteroatoms. The van der Waals surface area contributed by atoms with Crippen LogP contribution in [0.4, 0.5) is 5.69 Å². The van der Waals surface area contributed by atoms with Crippen molar-refractivity contribution in [1.29, 1.82) is 0 Å². The standard InChI is InChI=1S/C17H23N3O2.ClH/c1-12(14-10-18-11-14)17(22)19-9-13-4-2-5-15(8-13)20-7-3-6-16(20)21;/h2,4-5,8,12,14,18H,3,6-7,9-11H2,1H3,(H,19,22);1H. The first-order chi connectivity index (χ1) is 10.6. The first-order valence-corrected chi connectivity index (χ1v) is 8.03. The van der Waals surface area contributed by atoms with Gasteiger partial charge in [0.1, 0.15) is 0 Å². The van der Waals surface area contributed by atoms with Crippen LogP contribution >= 0.6 is 12.4 Å². The lowest BCUT2D eigenvalue weighted by Gasteiger charge is -2.31. The van der Waals surface area contributed by atoms with E-state index in [0.717, 1.165) is 37.3 Å². The number of nitrogens with zero attached hydrogens (tertiary/aromatic N) is 1. The van der Waals surface area contributed by atoms with E-state index in [4.69, 9.17) is 0 Å². The van der Waals surface area contributed by atoms with E-state index in [1.165, 1.54) is 0 Å². The monoisotopic (exact) mass is 337 g/mol. The minimum atomic E-state index is 0. The fraction of sp³-hybridized carbons (Fsp3) is 0.529. The number of nitrogens with one attached hydrogen (secondary N) is 2. The Morgan fingerprint density at radius 1 is 1.43 bits per heavy atom. The topological polar surface area (TPSA) is 61.4 Å². The van der Waals surface area contributed by atoms with Crippen molar-refractivity contribution in [2.45, 2.75) is 26.3 Å². The summed E-state index contributed by atoms with van der Waals surface area (Å²) in [5.74, 6) is 0.791. The van der Waals surface area contributed by atoms with Crippen LogP contribution < -0.4 is 15.5 Å². The SMILES string of the molecule is CC(C(=O)NCc1cccc(N2CCCC2=O)c1)C1CNC1.Cl. The summed E-state index contributed by atoms with van der Waals surface area (Å²) in [5.41, 5.74) is 1.97. The molecular weight excluding hydrogens is 314 g/mol. The van der Waals surface area contributed by atoms with Gasteiger partial charge in [-0.05, 0) is 43.1 Å². The van der Waals surface area contributed by atoms with Gasteiger partial charge in [-0.1, -0.05) is 19.1 Å². The Labute approximate surface area is 143 Å². The summed E-state index contributed by atoms with van der Waals surface area (Å²) < 4.78 is 0. The second-order valence-electron chi connectivity index (χ2n) is 6.24. The van der Waals surface area contributed by atoms with E-state index < -0.39 is 0 Å². The zero-order valence-electron chi connectivity index (χ0n) is 13.4. The van der Waals surface area contributed by atoms with Crippen LogP contribution in [-0.2, 0) is 16.1 Å². The summed E-state index contributed by atoms with van der Waals surface area (Å²) in [4.78, 5) is 25.8. The maximum Gasteiger partial charge on any atom is 0.227 e. The Morgan fingerprint density at radius 3 is 2.83 bits per heavy atom. The van der Waals surface area contributed by atoms with Crippen LogP contribution in [0.2, 0.25) is 0 Å². The number of hydrogen-bond acceptors (Lipinski definition) is 3. The van der Waals surface area contributed by atoms with E-state index in [-0.39, 0.29) is 30.1 Å². The lowest BCUT2D eigenvalue weighted by molar-refractivity contribution is -0.126. The zero-order valence-corrected chi connectivity index (χ0v) is 14.2. The number of rotatable bonds is 5. The predicted octanol–water partition coefficient (Wildman–Crippen LogP) is 1.71. The Kier molecular flexibility index (Phi) is 6.02. The number of halogens is 1. The second kappa shape index (κ2) is 7.79. The van der Waals surface area contributed by atoms with Gasteiger partial charge in [0.25, 0.3) is 0 Å². The molecule has 5 nitrogen and oxygen atoms in total. The lowest BCUT2D eigenvalue weighted by atomic mass is 9.88. The smallest absolute Gasteiger partial charge is 0.227 e. The van der Waals surface area contributed by atoms with Crippen LogP contribution in [0.1, 0.15) is 25.3 Å². The Bertz CT molecular complexity index is 575. The van der Waals surface area contributed by atoms with E-state index in [1.807, 2.05) is 36.1 Å². The number of anilines is 1. The predicted molar refractivity (Wildman–Crippen MR) is 92.6 cm³/mol. The van der Waals surface area contributed by atoms with Crippen LogP contribution in [0.3, 0.4) is 0 Å². The van der Waals surface area contributed by atoms with Crippen molar-refractivity contribution in [3.05, 3.63) is 29.8 Å². The first-order valence-electron chi connectivity index (χ1n) is 8.03. The minimum absolute atomic E-state index is 0. The Hall–Kier alpha value is -1.59. The van der Waals surface area contributed by atoms with Crippen molar-refractivity contribution in [3.63, 3.8) is 0 Å². The molecule has 23 heavy (non-hydrogen) atoms. The third-order valence-corrected chi connectivity index (χ3v) is 4.70. The molecule has 2 fully saturated rings. The molecule has 2 amide bonds. The molecule has 1 aromatic carbocycles. The molecule has 3 rings (SSSR count). The van der Waals surface area contributed by atoms with Crippen molar-refractivity contribution >= 4 is 29.9 Å². The number of carbonyl (C=O) groups excluding carboxylic acids is 2. The van der Waals surface area contributed by atoms with Gasteiger partial charge in [-0.2, -0.15) is 0 Å².